The number of thiocarbonyl (C=S) groups is 1. The number of nitrogens with one attached hydrogen (secondary N) is 1. The molecule has 2 aromatic carbocycles. The fourth-order valence-electron chi connectivity index (χ4n) is 2.32. The van der Waals surface area contributed by atoms with Crippen LogP contribution in [0, 0.1) is 0 Å². The van der Waals surface area contributed by atoms with Gasteiger partial charge in [-0.1, -0.05) is 53.8 Å². The Morgan fingerprint density at radius 3 is 2.58 bits per heavy atom. The summed E-state index contributed by atoms with van der Waals surface area (Å²) in [5.74, 6) is 1.09. The minimum Gasteiger partial charge on any atom is -0.490 e. The molecule has 2 aromatic rings. The zero-order valence-electron chi connectivity index (χ0n) is 14.0. The third kappa shape index (κ3) is 4.78. The van der Waals surface area contributed by atoms with Crippen molar-refractivity contribution in [1.29, 1.82) is 0 Å². The molecule has 1 N–H and O–H groups in total. The summed E-state index contributed by atoms with van der Waals surface area (Å²) in [6, 6.07) is 13.1. The first-order valence-electron chi connectivity index (χ1n) is 7.94. The van der Waals surface area contributed by atoms with Gasteiger partial charge in [0.15, 0.2) is 11.5 Å². The van der Waals surface area contributed by atoms with Crippen LogP contribution < -0.4 is 14.8 Å². The molecule has 0 bridgehead atoms. The topological polar surface area (TPSA) is 47.6 Å². The molecule has 26 heavy (non-hydrogen) atoms. The van der Waals surface area contributed by atoms with Crippen molar-refractivity contribution in [2.45, 2.75) is 13.5 Å². The van der Waals surface area contributed by atoms with Crippen LogP contribution in [0.1, 0.15) is 18.1 Å². The number of benzene rings is 2. The normalized spacial score (nSPS) is 15.2. The molecule has 3 rings (SSSR count). The molecule has 0 saturated carbocycles. The number of halogens is 1. The number of amides is 1. The highest BCUT2D eigenvalue weighted by Crippen LogP contribution is 2.32. The van der Waals surface area contributed by atoms with Crippen LogP contribution >= 0.6 is 35.6 Å². The van der Waals surface area contributed by atoms with Crippen molar-refractivity contribution in [3.05, 3.63) is 63.5 Å². The van der Waals surface area contributed by atoms with E-state index < -0.39 is 0 Å². The first-order valence-corrected chi connectivity index (χ1v) is 9.54. The number of rotatable bonds is 6. The molecule has 0 radical (unpaired) electrons. The maximum atomic E-state index is 11.8. The average Bonchev–Trinajstić information content (AvgIpc) is 2.93. The van der Waals surface area contributed by atoms with Gasteiger partial charge >= 0.3 is 0 Å². The zero-order valence-corrected chi connectivity index (χ0v) is 16.3. The molecule has 0 aromatic heterocycles. The lowest BCUT2D eigenvalue weighted by Gasteiger charge is -2.13. The van der Waals surface area contributed by atoms with Crippen molar-refractivity contribution in [1.82, 2.24) is 5.32 Å². The summed E-state index contributed by atoms with van der Waals surface area (Å²) in [6.45, 7) is 2.83. The Morgan fingerprint density at radius 2 is 1.92 bits per heavy atom. The Morgan fingerprint density at radius 1 is 1.15 bits per heavy atom. The molecule has 1 aliphatic heterocycles. The van der Waals surface area contributed by atoms with Crippen LogP contribution in [-0.4, -0.2) is 16.8 Å². The summed E-state index contributed by atoms with van der Waals surface area (Å²) in [6.07, 6.45) is 1.78. The van der Waals surface area contributed by atoms with E-state index in [0.717, 1.165) is 11.1 Å². The summed E-state index contributed by atoms with van der Waals surface area (Å²) >= 11 is 12.2. The molecular weight excluding hydrogens is 390 g/mol. The van der Waals surface area contributed by atoms with E-state index in [-0.39, 0.29) is 5.91 Å². The number of hydrogen-bond donors (Lipinski definition) is 1. The van der Waals surface area contributed by atoms with Gasteiger partial charge in [-0.2, -0.15) is 0 Å². The van der Waals surface area contributed by atoms with Gasteiger partial charge < -0.3 is 14.8 Å². The van der Waals surface area contributed by atoms with Gasteiger partial charge in [0.2, 0.25) is 0 Å². The van der Waals surface area contributed by atoms with E-state index in [1.807, 2.05) is 49.4 Å². The minimum absolute atomic E-state index is 0.180. The fourth-order valence-corrected chi connectivity index (χ4v) is 3.49. The molecule has 1 amide bonds. The Hall–Kier alpha value is -2.02. The lowest BCUT2D eigenvalue weighted by atomic mass is 10.2. The second kappa shape index (κ2) is 8.58. The average molecular weight is 406 g/mol. The molecule has 4 nitrogen and oxygen atoms in total. The highest BCUT2D eigenvalue weighted by atomic mass is 35.5. The predicted molar refractivity (Wildman–Crippen MR) is 110 cm³/mol. The Labute approximate surface area is 166 Å². The highest BCUT2D eigenvalue weighted by Gasteiger charge is 2.22. The molecule has 1 aliphatic rings. The van der Waals surface area contributed by atoms with Gasteiger partial charge in [0.1, 0.15) is 10.9 Å². The highest BCUT2D eigenvalue weighted by molar-refractivity contribution is 8.26. The number of hydrogen-bond acceptors (Lipinski definition) is 5. The number of carbonyl (C=O) groups excluding carboxylic acids is 1. The Kier molecular flexibility index (Phi) is 6.19. The lowest BCUT2D eigenvalue weighted by Crippen LogP contribution is -2.17. The molecule has 0 aliphatic carbocycles. The molecule has 1 fully saturated rings. The molecule has 134 valence electrons. The van der Waals surface area contributed by atoms with Gasteiger partial charge in [-0.3, -0.25) is 4.79 Å². The number of carbonyl (C=O) groups is 1. The number of ether oxygens (including phenoxy) is 2. The summed E-state index contributed by atoms with van der Waals surface area (Å²) in [7, 11) is 0. The third-order valence-corrected chi connectivity index (χ3v) is 4.93. The first kappa shape index (κ1) is 18.8. The van der Waals surface area contributed by atoms with E-state index in [1.54, 1.807) is 6.08 Å². The van der Waals surface area contributed by atoms with Crippen LogP contribution in [0.2, 0.25) is 5.02 Å². The SMILES string of the molecule is CCOc1cc(/C=C2/SC(=S)NC2=O)ccc1OCc1ccc(Cl)cc1. The van der Waals surface area contributed by atoms with Gasteiger partial charge in [0, 0.05) is 5.02 Å². The van der Waals surface area contributed by atoms with E-state index >= 15 is 0 Å². The predicted octanol–water partition coefficient (Wildman–Crippen LogP) is 4.81. The third-order valence-electron chi connectivity index (χ3n) is 3.52. The standard InChI is InChI=1S/C19H16ClNO3S2/c1-2-23-16-9-13(10-17-18(22)21-19(25)26-17)5-8-15(16)24-11-12-3-6-14(20)7-4-12/h3-10H,2,11H2,1H3,(H,21,22,25)/b17-10+. The van der Waals surface area contributed by atoms with Crippen molar-refractivity contribution in [3.63, 3.8) is 0 Å². The zero-order chi connectivity index (χ0) is 18.5. The van der Waals surface area contributed by atoms with Gasteiger partial charge in [-0.05, 0) is 48.4 Å². The van der Waals surface area contributed by atoms with Crippen LogP contribution in [0.3, 0.4) is 0 Å². The lowest BCUT2D eigenvalue weighted by molar-refractivity contribution is -0.115. The first-order chi connectivity index (χ1) is 12.5. The van der Waals surface area contributed by atoms with Crippen LogP contribution in [-0.2, 0) is 11.4 Å². The quantitative estimate of drug-likeness (QED) is 0.552. The molecule has 1 saturated heterocycles. The van der Waals surface area contributed by atoms with Crippen molar-refractivity contribution in [3.8, 4) is 11.5 Å². The van der Waals surface area contributed by atoms with Crippen molar-refractivity contribution in [2.75, 3.05) is 6.61 Å². The number of thioether (sulfide) groups is 1. The second-order valence-electron chi connectivity index (χ2n) is 5.41. The summed E-state index contributed by atoms with van der Waals surface area (Å²) in [5.41, 5.74) is 1.85. The van der Waals surface area contributed by atoms with E-state index in [2.05, 4.69) is 5.32 Å². The second-order valence-corrected chi connectivity index (χ2v) is 7.56. The largest absolute Gasteiger partial charge is 0.490 e. The van der Waals surface area contributed by atoms with Crippen LogP contribution in [0.15, 0.2) is 47.4 Å². The molecule has 0 atom stereocenters. The summed E-state index contributed by atoms with van der Waals surface area (Å²) in [5, 5.41) is 3.29. The van der Waals surface area contributed by atoms with Gasteiger partial charge in [-0.15, -0.1) is 0 Å². The van der Waals surface area contributed by atoms with Gasteiger partial charge in [-0.25, -0.2) is 0 Å². The summed E-state index contributed by atoms with van der Waals surface area (Å²) in [4.78, 5) is 12.4. The smallest absolute Gasteiger partial charge is 0.263 e. The Balaban J connectivity index is 1.78. The van der Waals surface area contributed by atoms with Gasteiger partial charge in [0.25, 0.3) is 5.91 Å². The van der Waals surface area contributed by atoms with Crippen LogP contribution in [0.25, 0.3) is 6.08 Å². The fraction of sp³-hybridized carbons (Fsp3) is 0.158. The van der Waals surface area contributed by atoms with E-state index in [1.165, 1.54) is 11.8 Å². The van der Waals surface area contributed by atoms with Crippen LogP contribution in [0.4, 0.5) is 0 Å². The minimum atomic E-state index is -0.180. The van der Waals surface area contributed by atoms with Crippen molar-refractivity contribution < 1.29 is 14.3 Å². The van der Waals surface area contributed by atoms with Crippen LogP contribution in [0.5, 0.6) is 11.5 Å². The molecule has 7 heteroatoms. The monoisotopic (exact) mass is 405 g/mol. The van der Waals surface area contributed by atoms with E-state index in [9.17, 15) is 4.79 Å². The molecule has 0 unspecified atom stereocenters. The molecular formula is C19H16ClNO3S2. The van der Waals surface area contributed by atoms with Crippen molar-refractivity contribution >= 4 is 51.9 Å². The van der Waals surface area contributed by atoms with E-state index in [0.29, 0.717) is 39.0 Å². The maximum absolute atomic E-state index is 11.8. The summed E-state index contributed by atoms with van der Waals surface area (Å²) < 4.78 is 12.0. The molecule has 1 heterocycles. The molecule has 0 spiro atoms. The van der Waals surface area contributed by atoms with E-state index in [4.69, 9.17) is 33.3 Å². The Bertz CT molecular complexity index is 866. The maximum Gasteiger partial charge on any atom is 0.263 e. The van der Waals surface area contributed by atoms with Gasteiger partial charge in [0.05, 0.1) is 11.5 Å². The van der Waals surface area contributed by atoms with Crippen molar-refractivity contribution in [2.24, 2.45) is 0 Å².